The SMILES string of the molecule is COC(=O)Oc1ccnc(CCC(C)=O)c1. The maximum Gasteiger partial charge on any atom is 0.513 e. The molecule has 0 atom stereocenters. The van der Waals surface area contributed by atoms with E-state index in [4.69, 9.17) is 4.74 Å². The van der Waals surface area contributed by atoms with Crippen LogP contribution in [0, 0.1) is 0 Å². The third-order valence-corrected chi connectivity index (χ3v) is 1.89. The van der Waals surface area contributed by atoms with E-state index in [2.05, 4.69) is 9.72 Å². The Morgan fingerprint density at radius 1 is 1.44 bits per heavy atom. The lowest BCUT2D eigenvalue weighted by molar-refractivity contribution is -0.117. The summed E-state index contributed by atoms with van der Waals surface area (Å²) in [6.07, 6.45) is 1.71. The molecule has 1 aromatic heterocycles. The molecule has 0 fully saturated rings. The van der Waals surface area contributed by atoms with Gasteiger partial charge in [-0.05, 0) is 19.4 Å². The predicted molar refractivity (Wildman–Crippen MR) is 56.3 cm³/mol. The number of hydrogen-bond acceptors (Lipinski definition) is 5. The van der Waals surface area contributed by atoms with Crippen LogP contribution in [0.15, 0.2) is 18.3 Å². The van der Waals surface area contributed by atoms with Gasteiger partial charge in [-0.2, -0.15) is 0 Å². The van der Waals surface area contributed by atoms with Gasteiger partial charge in [0.15, 0.2) is 0 Å². The zero-order valence-corrected chi connectivity index (χ0v) is 9.23. The van der Waals surface area contributed by atoms with E-state index in [-0.39, 0.29) is 5.78 Å². The van der Waals surface area contributed by atoms with Crippen molar-refractivity contribution in [1.29, 1.82) is 0 Å². The van der Waals surface area contributed by atoms with Crippen molar-refractivity contribution in [1.82, 2.24) is 4.98 Å². The summed E-state index contributed by atoms with van der Waals surface area (Å²) in [7, 11) is 1.24. The van der Waals surface area contributed by atoms with Gasteiger partial charge in [0.05, 0.1) is 7.11 Å². The lowest BCUT2D eigenvalue weighted by Crippen LogP contribution is -2.07. The molecule has 5 nitrogen and oxygen atoms in total. The molecule has 1 rings (SSSR count). The standard InChI is InChI=1S/C11H13NO4/c1-8(13)3-4-9-7-10(5-6-12-9)16-11(14)15-2/h5-7H,3-4H2,1-2H3. The maximum atomic E-state index is 10.8. The van der Waals surface area contributed by atoms with Crippen LogP contribution < -0.4 is 4.74 Å². The second kappa shape index (κ2) is 5.85. The number of rotatable bonds is 4. The van der Waals surface area contributed by atoms with Crippen molar-refractivity contribution >= 4 is 11.9 Å². The van der Waals surface area contributed by atoms with Gasteiger partial charge in [-0.1, -0.05) is 0 Å². The Bertz CT molecular complexity index is 389. The minimum absolute atomic E-state index is 0.0982. The lowest BCUT2D eigenvalue weighted by Gasteiger charge is -2.03. The van der Waals surface area contributed by atoms with Crippen LogP contribution in [0.4, 0.5) is 4.79 Å². The van der Waals surface area contributed by atoms with Crippen LogP contribution in [0.25, 0.3) is 0 Å². The van der Waals surface area contributed by atoms with Gasteiger partial charge >= 0.3 is 6.16 Å². The van der Waals surface area contributed by atoms with E-state index in [0.29, 0.717) is 24.3 Å². The molecule has 0 amide bonds. The van der Waals surface area contributed by atoms with Gasteiger partial charge in [0, 0.05) is 24.4 Å². The van der Waals surface area contributed by atoms with E-state index >= 15 is 0 Å². The van der Waals surface area contributed by atoms with Gasteiger partial charge in [0.2, 0.25) is 0 Å². The lowest BCUT2D eigenvalue weighted by atomic mass is 10.2. The van der Waals surface area contributed by atoms with Gasteiger partial charge in [-0.25, -0.2) is 4.79 Å². The molecule has 1 aromatic rings. The summed E-state index contributed by atoms with van der Waals surface area (Å²) in [4.78, 5) is 25.7. The zero-order chi connectivity index (χ0) is 12.0. The number of carbonyl (C=O) groups is 2. The summed E-state index contributed by atoms with van der Waals surface area (Å²) >= 11 is 0. The molecule has 0 saturated carbocycles. The first-order valence-electron chi connectivity index (χ1n) is 4.82. The summed E-state index contributed by atoms with van der Waals surface area (Å²) in [5.41, 5.74) is 0.705. The molecular weight excluding hydrogens is 210 g/mol. The first-order valence-corrected chi connectivity index (χ1v) is 4.82. The molecule has 0 unspecified atom stereocenters. The second-order valence-corrected chi connectivity index (χ2v) is 3.24. The molecule has 16 heavy (non-hydrogen) atoms. The maximum absolute atomic E-state index is 10.8. The first-order chi connectivity index (χ1) is 7.61. The average Bonchev–Trinajstić information content (AvgIpc) is 2.26. The molecule has 1 heterocycles. The van der Waals surface area contributed by atoms with Crippen LogP contribution in [0.1, 0.15) is 19.0 Å². The summed E-state index contributed by atoms with van der Waals surface area (Å²) in [6, 6.07) is 3.16. The Labute approximate surface area is 93.4 Å². The van der Waals surface area contributed by atoms with E-state index in [1.807, 2.05) is 0 Å². The number of ketones is 1. The molecule has 0 aromatic carbocycles. The molecule has 0 N–H and O–H groups in total. The third-order valence-electron chi connectivity index (χ3n) is 1.89. The fourth-order valence-electron chi connectivity index (χ4n) is 1.10. The predicted octanol–water partition coefficient (Wildman–Crippen LogP) is 1.75. The normalized spacial score (nSPS) is 9.62. The van der Waals surface area contributed by atoms with Crippen LogP contribution in [-0.2, 0) is 16.0 Å². The highest BCUT2D eigenvalue weighted by atomic mass is 16.7. The fraction of sp³-hybridized carbons (Fsp3) is 0.364. The molecule has 0 bridgehead atoms. The Morgan fingerprint density at radius 3 is 2.81 bits per heavy atom. The van der Waals surface area contributed by atoms with Crippen LogP contribution in [0.5, 0.6) is 5.75 Å². The summed E-state index contributed by atoms with van der Waals surface area (Å²) < 4.78 is 9.18. The van der Waals surface area contributed by atoms with Gasteiger partial charge in [0.1, 0.15) is 11.5 Å². The zero-order valence-electron chi connectivity index (χ0n) is 9.23. The van der Waals surface area contributed by atoms with Crippen LogP contribution in [0.3, 0.4) is 0 Å². The van der Waals surface area contributed by atoms with E-state index in [9.17, 15) is 9.59 Å². The Kier molecular flexibility index (Phi) is 4.44. The van der Waals surface area contributed by atoms with E-state index in [0.717, 1.165) is 0 Å². The minimum atomic E-state index is -0.774. The van der Waals surface area contributed by atoms with Crippen molar-refractivity contribution in [3.8, 4) is 5.75 Å². The quantitative estimate of drug-likeness (QED) is 0.727. The van der Waals surface area contributed by atoms with Crippen molar-refractivity contribution in [2.24, 2.45) is 0 Å². The largest absolute Gasteiger partial charge is 0.513 e. The van der Waals surface area contributed by atoms with Gasteiger partial charge in [-0.3, -0.25) is 4.98 Å². The second-order valence-electron chi connectivity index (χ2n) is 3.24. The molecule has 5 heteroatoms. The number of Topliss-reactive ketones (excluding diaryl/α,β-unsaturated/α-hetero) is 1. The van der Waals surface area contributed by atoms with Crippen molar-refractivity contribution < 1.29 is 19.1 Å². The average molecular weight is 223 g/mol. The van der Waals surface area contributed by atoms with Crippen LogP contribution in [-0.4, -0.2) is 24.0 Å². The topological polar surface area (TPSA) is 65.5 Å². The molecule has 0 aliphatic rings. The van der Waals surface area contributed by atoms with Crippen molar-refractivity contribution in [3.63, 3.8) is 0 Å². The van der Waals surface area contributed by atoms with Crippen molar-refractivity contribution in [3.05, 3.63) is 24.0 Å². The minimum Gasteiger partial charge on any atom is -0.437 e. The van der Waals surface area contributed by atoms with Crippen molar-refractivity contribution in [2.45, 2.75) is 19.8 Å². The molecule has 0 aliphatic heterocycles. The Morgan fingerprint density at radius 2 is 2.19 bits per heavy atom. The number of aryl methyl sites for hydroxylation is 1. The number of nitrogens with zero attached hydrogens (tertiary/aromatic N) is 1. The number of hydrogen-bond donors (Lipinski definition) is 0. The summed E-state index contributed by atoms with van der Waals surface area (Å²) in [5.74, 6) is 0.460. The van der Waals surface area contributed by atoms with E-state index < -0.39 is 6.16 Å². The highest BCUT2D eigenvalue weighted by molar-refractivity contribution is 5.75. The fourth-order valence-corrected chi connectivity index (χ4v) is 1.10. The molecule has 0 aliphatic carbocycles. The molecule has 0 radical (unpaired) electrons. The number of aromatic nitrogens is 1. The highest BCUT2D eigenvalue weighted by Gasteiger charge is 2.05. The first kappa shape index (κ1) is 12.2. The van der Waals surface area contributed by atoms with Gasteiger partial charge < -0.3 is 14.3 Å². The molecular formula is C11H13NO4. The monoisotopic (exact) mass is 223 g/mol. The van der Waals surface area contributed by atoms with Gasteiger partial charge in [0.25, 0.3) is 0 Å². The molecule has 0 saturated heterocycles. The van der Waals surface area contributed by atoms with E-state index in [1.54, 1.807) is 12.1 Å². The molecule has 86 valence electrons. The summed E-state index contributed by atoms with van der Waals surface area (Å²) in [6.45, 7) is 1.52. The third kappa shape index (κ3) is 4.08. The molecule has 0 spiro atoms. The Balaban J connectivity index is 2.63. The highest BCUT2D eigenvalue weighted by Crippen LogP contribution is 2.12. The van der Waals surface area contributed by atoms with E-state index in [1.165, 1.54) is 20.2 Å². The number of carbonyl (C=O) groups excluding carboxylic acids is 2. The number of pyridine rings is 1. The van der Waals surface area contributed by atoms with Crippen molar-refractivity contribution in [2.75, 3.05) is 7.11 Å². The number of methoxy groups -OCH3 is 1. The summed E-state index contributed by atoms with van der Waals surface area (Å²) in [5, 5.41) is 0. The Hall–Kier alpha value is -1.91. The number of ether oxygens (including phenoxy) is 2. The van der Waals surface area contributed by atoms with Crippen LogP contribution >= 0.6 is 0 Å². The van der Waals surface area contributed by atoms with Crippen LogP contribution in [0.2, 0.25) is 0 Å². The van der Waals surface area contributed by atoms with Gasteiger partial charge in [-0.15, -0.1) is 0 Å². The smallest absolute Gasteiger partial charge is 0.437 e.